The van der Waals surface area contributed by atoms with Crippen LogP contribution in [0.25, 0.3) is 28.0 Å². The van der Waals surface area contributed by atoms with Crippen LogP contribution in [0.1, 0.15) is 55.0 Å². The van der Waals surface area contributed by atoms with Crippen molar-refractivity contribution in [3.63, 3.8) is 0 Å². The van der Waals surface area contributed by atoms with Gasteiger partial charge in [-0.05, 0) is 113 Å². The molecular formula is C41H45NO3. The van der Waals surface area contributed by atoms with E-state index < -0.39 is 5.41 Å². The standard InChI is InChI=1S/C41H45NO3/c1-7-26-42(8-2)33-18-16-32(17-19-33)41(4,31-12-10-9-11-13-31)25-24-36-29(3)38-27-35(45-6)22-23-37(38)40(39(36)28-43)30-14-20-34(44-5)21-15-30/h9-25,27,43H,7-8,26,28H2,1-6H3/b25-24-. The molecule has 0 radical (unpaired) electrons. The highest BCUT2D eigenvalue weighted by atomic mass is 16.5. The first kappa shape index (κ1) is 31.9. The summed E-state index contributed by atoms with van der Waals surface area (Å²) in [4.78, 5) is 2.42. The summed E-state index contributed by atoms with van der Waals surface area (Å²) in [6.45, 7) is 10.8. The number of hydrogen-bond acceptors (Lipinski definition) is 4. The zero-order chi connectivity index (χ0) is 32.0. The molecule has 0 heterocycles. The molecule has 0 aliphatic heterocycles. The molecule has 1 N–H and O–H groups in total. The monoisotopic (exact) mass is 599 g/mol. The van der Waals surface area contributed by atoms with Crippen LogP contribution in [0.4, 0.5) is 5.69 Å². The maximum absolute atomic E-state index is 11.0. The number of allylic oxidation sites excluding steroid dienone is 1. The molecule has 0 bridgehead atoms. The molecule has 1 unspecified atom stereocenters. The molecular weight excluding hydrogens is 554 g/mol. The van der Waals surface area contributed by atoms with Gasteiger partial charge >= 0.3 is 0 Å². The SMILES string of the molecule is CCCN(CC)c1ccc(C(C)(/C=C\c2c(CO)c(-c3ccc(OC)cc3)c3ccc(OC)cc3c2C)c2ccccc2)cc1. The lowest BCUT2D eigenvalue weighted by Crippen LogP contribution is -2.24. The Bertz CT molecular complexity index is 1760. The fourth-order valence-electron chi connectivity index (χ4n) is 6.48. The molecule has 5 rings (SSSR count). The number of aliphatic hydroxyl groups excluding tert-OH is 1. The van der Waals surface area contributed by atoms with Crippen LogP contribution < -0.4 is 14.4 Å². The summed E-state index contributed by atoms with van der Waals surface area (Å²) < 4.78 is 11.1. The van der Waals surface area contributed by atoms with Crippen LogP contribution in [0.3, 0.4) is 0 Å². The fourth-order valence-corrected chi connectivity index (χ4v) is 6.48. The average molecular weight is 600 g/mol. The zero-order valence-electron chi connectivity index (χ0n) is 27.4. The van der Waals surface area contributed by atoms with Crippen molar-refractivity contribution < 1.29 is 14.6 Å². The Balaban J connectivity index is 1.72. The van der Waals surface area contributed by atoms with Gasteiger partial charge in [0.25, 0.3) is 0 Å². The summed E-state index contributed by atoms with van der Waals surface area (Å²) in [6, 6.07) is 33.9. The van der Waals surface area contributed by atoms with Gasteiger partial charge in [0.05, 0.1) is 20.8 Å². The second kappa shape index (κ2) is 14.0. The molecule has 0 saturated carbocycles. The van der Waals surface area contributed by atoms with Crippen molar-refractivity contribution in [2.45, 2.75) is 46.1 Å². The number of benzene rings is 5. The highest BCUT2D eigenvalue weighted by Gasteiger charge is 2.27. The average Bonchev–Trinajstić information content (AvgIpc) is 3.10. The molecule has 232 valence electrons. The van der Waals surface area contributed by atoms with Crippen molar-refractivity contribution in [1.82, 2.24) is 0 Å². The topological polar surface area (TPSA) is 41.9 Å². The minimum Gasteiger partial charge on any atom is -0.497 e. The van der Waals surface area contributed by atoms with E-state index in [0.29, 0.717) is 0 Å². The van der Waals surface area contributed by atoms with Gasteiger partial charge in [-0.15, -0.1) is 0 Å². The van der Waals surface area contributed by atoms with E-state index in [1.807, 2.05) is 18.2 Å². The molecule has 5 aromatic rings. The number of nitrogens with zero attached hydrogens (tertiary/aromatic N) is 1. The second-order valence-corrected chi connectivity index (χ2v) is 11.7. The number of aliphatic hydroxyl groups is 1. The molecule has 0 aromatic heterocycles. The van der Waals surface area contributed by atoms with Gasteiger partial charge in [-0.3, -0.25) is 0 Å². The third-order valence-electron chi connectivity index (χ3n) is 9.13. The van der Waals surface area contributed by atoms with Crippen LogP contribution in [-0.2, 0) is 12.0 Å². The highest BCUT2D eigenvalue weighted by molar-refractivity contribution is 6.03. The Hall–Kier alpha value is -4.54. The van der Waals surface area contributed by atoms with Gasteiger partial charge in [-0.1, -0.05) is 79.7 Å². The van der Waals surface area contributed by atoms with E-state index in [1.165, 1.54) is 16.8 Å². The number of hydrogen-bond donors (Lipinski definition) is 1. The molecule has 0 fully saturated rings. The number of rotatable bonds is 12. The molecule has 0 aliphatic carbocycles. The molecule has 4 nitrogen and oxygen atoms in total. The van der Waals surface area contributed by atoms with Crippen molar-refractivity contribution in [1.29, 1.82) is 0 Å². The van der Waals surface area contributed by atoms with Gasteiger partial charge < -0.3 is 19.5 Å². The van der Waals surface area contributed by atoms with E-state index in [9.17, 15) is 5.11 Å². The minimum atomic E-state index is -0.412. The van der Waals surface area contributed by atoms with Crippen molar-refractivity contribution >= 4 is 22.5 Å². The van der Waals surface area contributed by atoms with Gasteiger partial charge in [0.2, 0.25) is 0 Å². The van der Waals surface area contributed by atoms with E-state index in [1.54, 1.807) is 14.2 Å². The van der Waals surface area contributed by atoms with Gasteiger partial charge in [0.15, 0.2) is 0 Å². The number of methoxy groups -OCH3 is 2. The van der Waals surface area contributed by atoms with Crippen LogP contribution in [0.2, 0.25) is 0 Å². The Labute approximate surface area is 268 Å². The van der Waals surface area contributed by atoms with E-state index in [4.69, 9.17) is 9.47 Å². The van der Waals surface area contributed by atoms with E-state index in [-0.39, 0.29) is 6.61 Å². The lowest BCUT2D eigenvalue weighted by Gasteiger charge is -2.29. The third-order valence-corrected chi connectivity index (χ3v) is 9.13. The first-order chi connectivity index (χ1) is 21.9. The number of anilines is 1. The van der Waals surface area contributed by atoms with Crippen LogP contribution >= 0.6 is 0 Å². The maximum Gasteiger partial charge on any atom is 0.119 e. The summed E-state index contributed by atoms with van der Waals surface area (Å²) in [7, 11) is 3.37. The molecule has 5 aromatic carbocycles. The molecule has 4 heteroatoms. The molecule has 0 spiro atoms. The Morgan fingerprint density at radius 1 is 0.778 bits per heavy atom. The summed E-state index contributed by atoms with van der Waals surface area (Å²) >= 11 is 0. The summed E-state index contributed by atoms with van der Waals surface area (Å²) in [5, 5.41) is 13.1. The molecule has 1 atom stereocenters. The predicted octanol–water partition coefficient (Wildman–Crippen LogP) is 9.58. The van der Waals surface area contributed by atoms with E-state index >= 15 is 0 Å². The van der Waals surface area contributed by atoms with Crippen LogP contribution in [-0.4, -0.2) is 32.4 Å². The largest absolute Gasteiger partial charge is 0.497 e. The smallest absolute Gasteiger partial charge is 0.119 e. The fraction of sp³-hybridized carbons (Fsp3) is 0.268. The van der Waals surface area contributed by atoms with Crippen molar-refractivity contribution in [3.05, 3.63) is 131 Å². The summed E-state index contributed by atoms with van der Waals surface area (Å²) in [5.41, 5.74) is 8.31. The minimum absolute atomic E-state index is 0.0924. The molecule has 0 amide bonds. The number of aryl methyl sites for hydroxylation is 1. The summed E-state index contributed by atoms with van der Waals surface area (Å²) in [6.07, 6.45) is 5.62. The van der Waals surface area contributed by atoms with Crippen molar-refractivity contribution in [2.75, 3.05) is 32.2 Å². The van der Waals surface area contributed by atoms with E-state index in [0.717, 1.165) is 69.6 Å². The zero-order valence-corrected chi connectivity index (χ0v) is 27.4. The van der Waals surface area contributed by atoms with Crippen LogP contribution in [0, 0.1) is 6.92 Å². The Kier molecular flexibility index (Phi) is 9.95. The quantitative estimate of drug-likeness (QED) is 0.155. The Morgan fingerprint density at radius 3 is 2.02 bits per heavy atom. The van der Waals surface area contributed by atoms with E-state index in [2.05, 4.69) is 124 Å². The third kappa shape index (κ3) is 6.34. The van der Waals surface area contributed by atoms with Gasteiger partial charge in [-0.2, -0.15) is 0 Å². The van der Waals surface area contributed by atoms with Gasteiger partial charge in [0.1, 0.15) is 11.5 Å². The first-order valence-electron chi connectivity index (χ1n) is 15.9. The van der Waals surface area contributed by atoms with Crippen molar-refractivity contribution in [3.8, 4) is 22.6 Å². The summed E-state index contributed by atoms with van der Waals surface area (Å²) in [5.74, 6) is 1.60. The normalized spacial score (nSPS) is 12.8. The Morgan fingerprint density at radius 2 is 1.42 bits per heavy atom. The van der Waals surface area contributed by atoms with Gasteiger partial charge in [0, 0.05) is 24.2 Å². The van der Waals surface area contributed by atoms with Crippen LogP contribution in [0.5, 0.6) is 11.5 Å². The number of ether oxygens (including phenoxy) is 2. The lowest BCUT2D eigenvalue weighted by atomic mass is 9.75. The molecule has 45 heavy (non-hydrogen) atoms. The highest BCUT2D eigenvalue weighted by Crippen LogP contribution is 2.41. The van der Waals surface area contributed by atoms with Gasteiger partial charge in [-0.25, -0.2) is 0 Å². The predicted molar refractivity (Wildman–Crippen MR) is 190 cm³/mol. The maximum atomic E-state index is 11.0. The molecule has 0 saturated heterocycles. The second-order valence-electron chi connectivity index (χ2n) is 11.7. The van der Waals surface area contributed by atoms with Crippen LogP contribution in [0.15, 0.2) is 103 Å². The molecule has 0 aliphatic rings. The first-order valence-corrected chi connectivity index (χ1v) is 15.9. The number of fused-ring (bicyclic) bond motifs is 1. The van der Waals surface area contributed by atoms with Crippen molar-refractivity contribution in [2.24, 2.45) is 0 Å². The lowest BCUT2D eigenvalue weighted by molar-refractivity contribution is 0.282.